The van der Waals surface area contributed by atoms with Gasteiger partial charge in [0.15, 0.2) is 5.82 Å². The molecule has 2 heterocycles. The molecule has 1 aromatic heterocycles. The van der Waals surface area contributed by atoms with Crippen LogP contribution < -0.4 is 0 Å². The summed E-state index contributed by atoms with van der Waals surface area (Å²) in [6.45, 7) is 6.55. The maximum atomic E-state index is 12.9. The molecule has 0 unspecified atom stereocenters. The first kappa shape index (κ1) is 16.9. The highest BCUT2D eigenvalue weighted by atomic mass is 35.5. The van der Waals surface area contributed by atoms with Gasteiger partial charge in [0, 0.05) is 11.6 Å². The van der Waals surface area contributed by atoms with Crippen molar-refractivity contribution < 1.29 is 14.1 Å². The third kappa shape index (κ3) is 3.30. The number of morpholine rings is 1. The summed E-state index contributed by atoms with van der Waals surface area (Å²) in [6.07, 6.45) is 0.0205. The number of ether oxygens (including phenoxy) is 1. The van der Waals surface area contributed by atoms with Gasteiger partial charge in [-0.3, -0.25) is 4.79 Å². The SMILES string of the molecule is Cc1noc([C@@H]2[C@@H](C)OCCN2C(=O)Cc2cccc(C)c2Cl)n1. The highest BCUT2D eigenvalue weighted by Crippen LogP contribution is 2.30. The highest BCUT2D eigenvalue weighted by Gasteiger charge is 2.37. The summed E-state index contributed by atoms with van der Waals surface area (Å²) in [6, 6.07) is 5.33. The molecule has 3 rings (SSSR count). The van der Waals surface area contributed by atoms with Crippen LogP contribution in [0, 0.1) is 13.8 Å². The van der Waals surface area contributed by atoms with E-state index in [4.69, 9.17) is 20.9 Å². The largest absolute Gasteiger partial charge is 0.374 e. The van der Waals surface area contributed by atoms with E-state index in [1.807, 2.05) is 32.0 Å². The van der Waals surface area contributed by atoms with Gasteiger partial charge in [-0.1, -0.05) is 35.0 Å². The Hall–Kier alpha value is -1.92. The average Bonchev–Trinajstić information content (AvgIpc) is 2.97. The molecule has 0 bridgehead atoms. The molecule has 24 heavy (non-hydrogen) atoms. The van der Waals surface area contributed by atoms with Gasteiger partial charge in [-0.15, -0.1) is 0 Å². The molecule has 0 aliphatic carbocycles. The summed E-state index contributed by atoms with van der Waals surface area (Å²) in [7, 11) is 0. The number of carbonyl (C=O) groups is 1. The Labute approximate surface area is 145 Å². The van der Waals surface area contributed by atoms with Crippen LogP contribution in [0.1, 0.15) is 35.8 Å². The summed E-state index contributed by atoms with van der Waals surface area (Å²) in [4.78, 5) is 18.9. The number of aromatic nitrogens is 2. The number of nitrogens with zero attached hydrogens (tertiary/aromatic N) is 3. The number of aryl methyl sites for hydroxylation is 2. The molecule has 1 aliphatic rings. The summed E-state index contributed by atoms with van der Waals surface area (Å²) < 4.78 is 11.0. The summed E-state index contributed by atoms with van der Waals surface area (Å²) in [5.41, 5.74) is 1.78. The minimum absolute atomic E-state index is 0.0292. The van der Waals surface area contributed by atoms with Gasteiger partial charge in [0.2, 0.25) is 5.91 Å². The fourth-order valence-corrected chi connectivity index (χ4v) is 3.17. The Kier molecular flexibility index (Phi) is 4.87. The third-order valence-electron chi connectivity index (χ3n) is 4.22. The van der Waals surface area contributed by atoms with Gasteiger partial charge in [-0.05, 0) is 31.9 Å². The van der Waals surface area contributed by atoms with Gasteiger partial charge in [0.25, 0.3) is 5.89 Å². The van der Waals surface area contributed by atoms with Crippen molar-refractivity contribution in [3.8, 4) is 0 Å². The molecule has 7 heteroatoms. The van der Waals surface area contributed by atoms with Crippen molar-refractivity contribution in [2.24, 2.45) is 0 Å². The maximum Gasteiger partial charge on any atom is 0.252 e. The van der Waals surface area contributed by atoms with Crippen LogP contribution in [0.3, 0.4) is 0 Å². The van der Waals surface area contributed by atoms with E-state index >= 15 is 0 Å². The zero-order valence-electron chi connectivity index (χ0n) is 14.0. The third-order valence-corrected chi connectivity index (χ3v) is 4.76. The molecule has 2 aromatic rings. The van der Waals surface area contributed by atoms with Crippen LogP contribution >= 0.6 is 11.6 Å². The molecule has 0 N–H and O–H groups in total. The standard InChI is InChI=1S/C17H20ClN3O3/c1-10-5-4-6-13(15(10)18)9-14(22)21-7-8-23-11(2)16(21)17-19-12(3)20-24-17/h4-6,11,16H,7-9H2,1-3H3/t11-,16+/m1/s1. The van der Waals surface area contributed by atoms with Gasteiger partial charge in [-0.25, -0.2) is 0 Å². The van der Waals surface area contributed by atoms with E-state index in [0.29, 0.717) is 29.9 Å². The summed E-state index contributed by atoms with van der Waals surface area (Å²) in [5, 5.41) is 4.47. The van der Waals surface area contributed by atoms with Gasteiger partial charge >= 0.3 is 0 Å². The zero-order valence-corrected chi connectivity index (χ0v) is 14.7. The topological polar surface area (TPSA) is 68.5 Å². The second-order valence-corrected chi connectivity index (χ2v) is 6.39. The van der Waals surface area contributed by atoms with E-state index in [0.717, 1.165) is 11.1 Å². The van der Waals surface area contributed by atoms with Crippen molar-refractivity contribution in [3.63, 3.8) is 0 Å². The van der Waals surface area contributed by atoms with E-state index < -0.39 is 0 Å². The van der Waals surface area contributed by atoms with Crippen molar-refractivity contribution in [1.82, 2.24) is 15.0 Å². The lowest BCUT2D eigenvalue weighted by Gasteiger charge is -2.37. The lowest BCUT2D eigenvalue weighted by atomic mass is 10.0. The summed E-state index contributed by atoms with van der Waals surface area (Å²) in [5.74, 6) is 0.916. The quantitative estimate of drug-likeness (QED) is 0.852. The van der Waals surface area contributed by atoms with Crippen molar-refractivity contribution in [3.05, 3.63) is 46.1 Å². The number of benzene rings is 1. The number of hydrogen-bond donors (Lipinski definition) is 0. The number of halogens is 1. The van der Waals surface area contributed by atoms with Crippen molar-refractivity contribution in [2.75, 3.05) is 13.2 Å². The average molecular weight is 350 g/mol. The molecule has 1 saturated heterocycles. The zero-order chi connectivity index (χ0) is 17.3. The van der Waals surface area contributed by atoms with Crippen LogP contribution in [0.2, 0.25) is 5.02 Å². The molecule has 0 radical (unpaired) electrons. The van der Waals surface area contributed by atoms with Crippen LogP contribution in [0.25, 0.3) is 0 Å². The predicted molar refractivity (Wildman–Crippen MR) is 88.8 cm³/mol. The maximum absolute atomic E-state index is 12.9. The Morgan fingerprint density at radius 2 is 2.21 bits per heavy atom. The minimum Gasteiger partial charge on any atom is -0.374 e. The normalized spacial score (nSPS) is 21.1. The molecule has 128 valence electrons. The highest BCUT2D eigenvalue weighted by molar-refractivity contribution is 6.32. The minimum atomic E-state index is -0.379. The molecule has 0 spiro atoms. The number of carbonyl (C=O) groups excluding carboxylic acids is 1. The van der Waals surface area contributed by atoms with Crippen LogP contribution in [-0.4, -0.2) is 40.2 Å². The van der Waals surface area contributed by atoms with Crippen molar-refractivity contribution in [1.29, 1.82) is 0 Å². The van der Waals surface area contributed by atoms with E-state index in [9.17, 15) is 4.79 Å². The Morgan fingerprint density at radius 3 is 2.92 bits per heavy atom. The second-order valence-electron chi connectivity index (χ2n) is 6.01. The van der Waals surface area contributed by atoms with Crippen LogP contribution in [-0.2, 0) is 16.0 Å². The Morgan fingerprint density at radius 1 is 1.42 bits per heavy atom. The smallest absolute Gasteiger partial charge is 0.252 e. The molecule has 1 amide bonds. The van der Waals surface area contributed by atoms with Gasteiger partial charge < -0.3 is 14.2 Å². The molecule has 1 aromatic carbocycles. The molecule has 1 aliphatic heterocycles. The van der Waals surface area contributed by atoms with E-state index in [2.05, 4.69) is 10.1 Å². The van der Waals surface area contributed by atoms with E-state index in [1.54, 1.807) is 11.8 Å². The molecule has 1 fully saturated rings. The van der Waals surface area contributed by atoms with Crippen molar-refractivity contribution in [2.45, 2.75) is 39.3 Å². The van der Waals surface area contributed by atoms with Crippen LogP contribution in [0.15, 0.2) is 22.7 Å². The number of rotatable bonds is 3. The van der Waals surface area contributed by atoms with Gasteiger partial charge in [0.05, 0.1) is 19.1 Å². The first-order valence-electron chi connectivity index (χ1n) is 7.92. The fourth-order valence-electron chi connectivity index (χ4n) is 2.98. The number of amides is 1. The molecule has 0 saturated carbocycles. The number of hydrogen-bond acceptors (Lipinski definition) is 5. The van der Waals surface area contributed by atoms with Crippen LogP contribution in [0.5, 0.6) is 0 Å². The molecular formula is C17H20ClN3O3. The van der Waals surface area contributed by atoms with E-state index in [1.165, 1.54) is 0 Å². The fraction of sp³-hybridized carbons (Fsp3) is 0.471. The lowest BCUT2D eigenvalue weighted by Crippen LogP contribution is -2.48. The monoisotopic (exact) mass is 349 g/mol. The molecule has 6 nitrogen and oxygen atoms in total. The predicted octanol–water partition coefficient (Wildman–Crippen LogP) is 2.87. The van der Waals surface area contributed by atoms with Gasteiger partial charge in [-0.2, -0.15) is 4.98 Å². The second kappa shape index (κ2) is 6.91. The molecular weight excluding hydrogens is 330 g/mol. The first-order chi connectivity index (χ1) is 11.5. The van der Waals surface area contributed by atoms with E-state index in [-0.39, 0.29) is 24.5 Å². The first-order valence-corrected chi connectivity index (χ1v) is 8.30. The van der Waals surface area contributed by atoms with Gasteiger partial charge in [0.1, 0.15) is 6.04 Å². The Bertz CT molecular complexity index is 746. The summed E-state index contributed by atoms with van der Waals surface area (Å²) >= 11 is 6.33. The van der Waals surface area contributed by atoms with Crippen LogP contribution in [0.4, 0.5) is 0 Å². The molecule has 2 atom stereocenters. The Balaban J connectivity index is 1.84. The van der Waals surface area contributed by atoms with Crippen molar-refractivity contribution >= 4 is 17.5 Å². The lowest BCUT2D eigenvalue weighted by molar-refractivity contribution is -0.146.